The van der Waals surface area contributed by atoms with E-state index in [1.807, 2.05) is 0 Å². The van der Waals surface area contributed by atoms with Gasteiger partial charge >= 0.3 is 0 Å². The van der Waals surface area contributed by atoms with E-state index in [0.717, 1.165) is 17.9 Å². The minimum absolute atomic E-state index is 0.113. The van der Waals surface area contributed by atoms with Gasteiger partial charge in [-0.1, -0.05) is 11.6 Å². The second kappa shape index (κ2) is 5.69. The average Bonchev–Trinajstić information content (AvgIpc) is 2.61. The van der Waals surface area contributed by atoms with E-state index in [-0.39, 0.29) is 10.6 Å². The SMILES string of the molecule is Nc1ccc(Cl)cc1S(=O)(=O)N1CCCSCC1. The lowest BCUT2D eigenvalue weighted by Gasteiger charge is -2.20. The number of anilines is 1. The van der Waals surface area contributed by atoms with E-state index in [2.05, 4.69) is 0 Å². The van der Waals surface area contributed by atoms with Crippen molar-refractivity contribution >= 4 is 39.1 Å². The van der Waals surface area contributed by atoms with Gasteiger partial charge in [0.1, 0.15) is 4.90 Å². The van der Waals surface area contributed by atoms with Gasteiger partial charge in [0.25, 0.3) is 0 Å². The second-order valence-electron chi connectivity index (χ2n) is 4.05. The molecule has 0 amide bonds. The molecular formula is C11H15ClN2O2S2. The minimum atomic E-state index is -3.53. The molecule has 4 nitrogen and oxygen atoms in total. The van der Waals surface area contributed by atoms with Crippen LogP contribution in [0.15, 0.2) is 23.1 Å². The predicted molar refractivity (Wildman–Crippen MR) is 76.6 cm³/mol. The smallest absolute Gasteiger partial charge is 0.245 e. The Labute approximate surface area is 117 Å². The monoisotopic (exact) mass is 306 g/mol. The highest BCUT2D eigenvalue weighted by atomic mass is 35.5. The quantitative estimate of drug-likeness (QED) is 0.849. The van der Waals surface area contributed by atoms with Crippen molar-refractivity contribution in [3.8, 4) is 0 Å². The first-order chi connectivity index (χ1) is 8.51. The summed E-state index contributed by atoms with van der Waals surface area (Å²) in [6.07, 6.45) is 0.865. The fourth-order valence-electron chi connectivity index (χ4n) is 1.83. The zero-order valence-corrected chi connectivity index (χ0v) is 12.2. The van der Waals surface area contributed by atoms with Crippen LogP contribution in [0.2, 0.25) is 5.02 Å². The van der Waals surface area contributed by atoms with E-state index in [9.17, 15) is 8.42 Å². The zero-order valence-electron chi connectivity index (χ0n) is 9.80. The van der Waals surface area contributed by atoms with Crippen molar-refractivity contribution in [1.29, 1.82) is 0 Å². The summed E-state index contributed by atoms with van der Waals surface area (Å²) in [4.78, 5) is 0.113. The van der Waals surface area contributed by atoms with Gasteiger partial charge in [-0.15, -0.1) is 0 Å². The molecule has 0 aliphatic carbocycles. The molecule has 1 saturated heterocycles. The van der Waals surface area contributed by atoms with Crippen LogP contribution in [-0.2, 0) is 10.0 Å². The normalized spacial score (nSPS) is 18.5. The molecule has 0 atom stereocenters. The van der Waals surface area contributed by atoms with Crippen LogP contribution < -0.4 is 5.73 Å². The first kappa shape index (κ1) is 14.0. The van der Waals surface area contributed by atoms with Crippen molar-refractivity contribution in [3.63, 3.8) is 0 Å². The Hall–Kier alpha value is -0.430. The molecule has 2 rings (SSSR count). The third-order valence-corrected chi connectivity index (χ3v) is 6.01. The average molecular weight is 307 g/mol. The van der Waals surface area contributed by atoms with Crippen LogP contribution in [0.3, 0.4) is 0 Å². The van der Waals surface area contributed by atoms with Crippen LogP contribution in [0.4, 0.5) is 5.69 Å². The lowest BCUT2D eigenvalue weighted by atomic mass is 10.3. The van der Waals surface area contributed by atoms with E-state index in [1.165, 1.54) is 16.4 Å². The van der Waals surface area contributed by atoms with Gasteiger partial charge in [-0.2, -0.15) is 16.1 Å². The third-order valence-electron chi connectivity index (χ3n) is 2.77. The first-order valence-electron chi connectivity index (χ1n) is 5.65. The summed E-state index contributed by atoms with van der Waals surface area (Å²) < 4.78 is 26.5. The number of nitrogens with two attached hydrogens (primary N) is 1. The molecule has 0 spiro atoms. The summed E-state index contributed by atoms with van der Waals surface area (Å²) in [7, 11) is -3.53. The maximum absolute atomic E-state index is 12.5. The van der Waals surface area contributed by atoms with Crippen LogP contribution in [0.5, 0.6) is 0 Å². The van der Waals surface area contributed by atoms with Crippen molar-refractivity contribution < 1.29 is 8.42 Å². The number of rotatable bonds is 2. The molecule has 100 valence electrons. The topological polar surface area (TPSA) is 63.4 Å². The molecule has 18 heavy (non-hydrogen) atoms. The van der Waals surface area contributed by atoms with E-state index in [1.54, 1.807) is 17.8 Å². The standard InChI is InChI=1S/C11H15ClN2O2S2/c12-9-2-3-10(13)11(8-9)18(15,16)14-4-1-6-17-7-5-14/h2-3,8H,1,4-7,13H2. The van der Waals surface area contributed by atoms with E-state index in [4.69, 9.17) is 17.3 Å². The van der Waals surface area contributed by atoms with Gasteiger partial charge in [0.05, 0.1) is 5.69 Å². The van der Waals surface area contributed by atoms with Gasteiger partial charge in [-0.25, -0.2) is 8.42 Å². The van der Waals surface area contributed by atoms with Gasteiger partial charge in [0.2, 0.25) is 10.0 Å². The number of nitrogen functional groups attached to an aromatic ring is 1. The lowest BCUT2D eigenvalue weighted by Crippen LogP contribution is -2.33. The molecule has 0 aromatic heterocycles. The summed E-state index contributed by atoms with van der Waals surface area (Å²) >= 11 is 7.63. The van der Waals surface area contributed by atoms with Gasteiger partial charge in [-0.3, -0.25) is 0 Å². The number of nitrogens with zero attached hydrogens (tertiary/aromatic N) is 1. The van der Waals surface area contributed by atoms with Crippen molar-refractivity contribution in [3.05, 3.63) is 23.2 Å². The predicted octanol–water partition coefficient (Wildman–Crippen LogP) is 2.05. The van der Waals surface area contributed by atoms with E-state index >= 15 is 0 Å². The Morgan fingerprint density at radius 1 is 1.28 bits per heavy atom. The minimum Gasteiger partial charge on any atom is -0.398 e. The van der Waals surface area contributed by atoms with Crippen LogP contribution >= 0.6 is 23.4 Å². The highest BCUT2D eigenvalue weighted by Crippen LogP contribution is 2.27. The maximum atomic E-state index is 12.5. The number of benzene rings is 1. The summed E-state index contributed by atoms with van der Waals surface area (Å²) in [5.74, 6) is 1.82. The number of hydrogen-bond donors (Lipinski definition) is 1. The highest BCUT2D eigenvalue weighted by Gasteiger charge is 2.27. The van der Waals surface area contributed by atoms with Gasteiger partial charge in [0.15, 0.2) is 0 Å². The Bertz CT molecular complexity index is 526. The summed E-state index contributed by atoms with van der Waals surface area (Å²) in [5.41, 5.74) is 6.00. The van der Waals surface area contributed by atoms with Gasteiger partial charge in [-0.05, 0) is 30.4 Å². The molecular weight excluding hydrogens is 292 g/mol. The maximum Gasteiger partial charge on any atom is 0.245 e. The van der Waals surface area contributed by atoms with E-state index in [0.29, 0.717) is 18.1 Å². The molecule has 1 aromatic carbocycles. The van der Waals surface area contributed by atoms with Crippen molar-refractivity contribution in [2.45, 2.75) is 11.3 Å². The molecule has 1 aliphatic rings. The van der Waals surface area contributed by atoms with Crippen LogP contribution in [0.1, 0.15) is 6.42 Å². The molecule has 1 aromatic rings. The molecule has 2 N–H and O–H groups in total. The van der Waals surface area contributed by atoms with Crippen LogP contribution in [0, 0.1) is 0 Å². The molecule has 1 heterocycles. The number of hydrogen-bond acceptors (Lipinski definition) is 4. The Balaban J connectivity index is 2.37. The fraction of sp³-hybridized carbons (Fsp3) is 0.455. The van der Waals surface area contributed by atoms with Gasteiger partial charge < -0.3 is 5.73 Å². The number of thioether (sulfide) groups is 1. The fourth-order valence-corrected chi connectivity index (χ4v) is 4.69. The number of sulfonamides is 1. The first-order valence-corrected chi connectivity index (χ1v) is 8.62. The summed E-state index contributed by atoms with van der Waals surface area (Å²) in [5, 5.41) is 0.381. The number of halogens is 1. The largest absolute Gasteiger partial charge is 0.398 e. The van der Waals surface area contributed by atoms with Gasteiger partial charge in [0, 0.05) is 23.9 Å². The van der Waals surface area contributed by atoms with Crippen molar-refractivity contribution in [2.24, 2.45) is 0 Å². The van der Waals surface area contributed by atoms with Crippen molar-refractivity contribution in [1.82, 2.24) is 4.31 Å². The summed E-state index contributed by atoms with van der Waals surface area (Å²) in [6.45, 7) is 1.07. The molecule has 0 saturated carbocycles. The molecule has 0 radical (unpaired) electrons. The third kappa shape index (κ3) is 2.93. The Kier molecular flexibility index (Phi) is 4.42. The highest BCUT2D eigenvalue weighted by molar-refractivity contribution is 7.99. The Morgan fingerprint density at radius 2 is 2.06 bits per heavy atom. The van der Waals surface area contributed by atoms with Crippen molar-refractivity contribution in [2.75, 3.05) is 30.3 Å². The van der Waals surface area contributed by atoms with Crippen LogP contribution in [-0.4, -0.2) is 37.3 Å². The zero-order chi connectivity index (χ0) is 13.2. The van der Waals surface area contributed by atoms with E-state index < -0.39 is 10.0 Å². The molecule has 0 unspecified atom stereocenters. The molecule has 1 aliphatic heterocycles. The molecule has 7 heteroatoms. The Morgan fingerprint density at radius 3 is 2.83 bits per heavy atom. The molecule has 0 bridgehead atoms. The van der Waals surface area contributed by atoms with Crippen LogP contribution in [0.25, 0.3) is 0 Å². The molecule has 1 fully saturated rings. The lowest BCUT2D eigenvalue weighted by molar-refractivity contribution is 0.435. The summed E-state index contributed by atoms with van der Waals surface area (Å²) in [6, 6.07) is 4.54. The second-order valence-corrected chi connectivity index (χ2v) is 7.62.